The fourth-order valence-electron chi connectivity index (χ4n) is 4.47. The van der Waals surface area contributed by atoms with Crippen molar-refractivity contribution in [1.82, 2.24) is 19.4 Å². The number of ether oxygens (including phenoxy) is 1. The molecule has 5 rings (SSSR count). The van der Waals surface area contributed by atoms with Gasteiger partial charge in [0.05, 0.1) is 6.61 Å². The highest BCUT2D eigenvalue weighted by atomic mass is 16.5. The minimum atomic E-state index is -0.0371. The molecule has 0 bridgehead atoms. The third-order valence-electron chi connectivity index (χ3n) is 6.14. The Morgan fingerprint density at radius 1 is 1.19 bits per heavy atom. The molecule has 3 aromatic rings. The van der Waals surface area contributed by atoms with Crippen LogP contribution < -0.4 is 10.1 Å². The van der Waals surface area contributed by atoms with Crippen molar-refractivity contribution >= 4 is 22.9 Å². The summed E-state index contributed by atoms with van der Waals surface area (Å²) in [5, 5.41) is 3.03. The molecular weight excluding hydrogens is 390 g/mol. The minimum absolute atomic E-state index is 0.0371. The van der Waals surface area contributed by atoms with Gasteiger partial charge in [-0.15, -0.1) is 0 Å². The van der Waals surface area contributed by atoms with Crippen molar-refractivity contribution in [3.8, 4) is 5.75 Å². The Morgan fingerprint density at radius 3 is 2.81 bits per heavy atom. The summed E-state index contributed by atoms with van der Waals surface area (Å²) >= 11 is 0. The van der Waals surface area contributed by atoms with Crippen molar-refractivity contribution in [2.75, 3.05) is 25.0 Å². The molecule has 3 heterocycles. The molecule has 1 aromatic carbocycles. The van der Waals surface area contributed by atoms with E-state index in [9.17, 15) is 4.79 Å². The smallest absolute Gasteiger partial charge is 0.321 e. The number of imidazole rings is 1. The van der Waals surface area contributed by atoms with Gasteiger partial charge in [0.2, 0.25) is 0 Å². The van der Waals surface area contributed by atoms with E-state index in [0.29, 0.717) is 18.4 Å². The zero-order chi connectivity index (χ0) is 21.2. The molecule has 7 nitrogen and oxygen atoms in total. The van der Waals surface area contributed by atoms with E-state index < -0.39 is 0 Å². The Balaban J connectivity index is 1.26. The normalized spacial score (nSPS) is 18.9. The van der Waals surface area contributed by atoms with Gasteiger partial charge in [-0.25, -0.2) is 14.8 Å². The van der Waals surface area contributed by atoms with E-state index in [0.717, 1.165) is 55.1 Å². The number of hydrogen-bond acceptors (Lipinski definition) is 4. The number of anilines is 1. The minimum Gasteiger partial charge on any atom is -0.494 e. The number of nitrogens with zero attached hydrogens (tertiary/aromatic N) is 4. The average molecular weight is 420 g/mol. The van der Waals surface area contributed by atoms with Gasteiger partial charge in [0.25, 0.3) is 0 Å². The van der Waals surface area contributed by atoms with Crippen LogP contribution in [0.25, 0.3) is 11.2 Å². The third-order valence-corrected chi connectivity index (χ3v) is 6.14. The molecule has 0 spiro atoms. The standard InChI is InChI=1S/C24H29N5O2/c1-2-31-20-11-9-19(10-12-20)26-24(30)28-14-4-5-17(15-28)16-29-22(18-7-8-18)27-21-6-3-13-25-23(21)29/h3,6,9-13,17-18H,2,4-5,7-8,14-16H2,1H3,(H,26,30). The number of likely N-dealkylation sites (tertiary alicyclic amines) is 1. The molecule has 31 heavy (non-hydrogen) atoms. The van der Waals surface area contributed by atoms with E-state index in [1.807, 2.05) is 54.4 Å². The lowest BCUT2D eigenvalue weighted by atomic mass is 9.98. The van der Waals surface area contributed by atoms with Gasteiger partial charge >= 0.3 is 6.03 Å². The van der Waals surface area contributed by atoms with Gasteiger partial charge < -0.3 is 19.5 Å². The number of hydrogen-bond donors (Lipinski definition) is 1. The Hall–Kier alpha value is -3.09. The average Bonchev–Trinajstić information content (AvgIpc) is 3.58. The molecule has 1 aliphatic heterocycles. The second-order valence-electron chi connectivity index (χ2n) is 8.54. The molecule has 2 aromatic heterocycles. The number of benzene rings is 1. The number of carbonyl (C=O) groups excluding carboxylic acids is 1. The highest BCUT2D eigenvalue weighted by molar-refractivity contribution is 5.89. The molecule has 7 heteroatoms. The van der Waals surface area contributed by atoms with Crippen LogP contribution >= 0.6 is 0 Å². The third kappa shape index (κ3) is 4.36. The first kappa shape index (κ1) is 19.8. The Kier molecular flexibility index (Phi) is 5.49. The summed E-state index contributed by atoms with van der Waals surface area (Å²) in [5.74, 6) is 2.95. The number of fused-ring (bicyclic) bond motifs is 1. The van der Waals surface area contributed by atoms with Crippen molar-refractivity contribution in [2.24, 2.45) is 5.92 Å². The molecule has 1 saturated carbocycles. The molecule has 2 fully saturated rings. The SMILES string of the molecule is CCOc1ccc(NC(=O)N2CCCC(Cn3c(C4CC4)nc4cccnc43)C2)cc1. The Morgan fingerprint density at radius 2 is 2.03 bits per heavy atom. The van der Waals surface area contributed by atoms with Crippen LogP contribution in [0, 0.1) is 5.92 Å². The molecule has 1 aliphatic carbocycles. The van der Waals surface area contributed by atoms with E-state index >= 15 is 0 Å². The van der Waals surface area contributed by atoms with Gasteiger partial charge in [0, 0.05) is 37.4 Å². The van der Waals surface area contributed by atoms with E-state index in [2.05, 4.69) is 14.9 Å². The molecule has 162 valence electrons. The van der Waals surface area contributed by atoms with Crippen LogP contribution in [0.2, 0.25) is 0 Å². The molecule has 1 unspecified atom stereocenters. The van der Waals surface area contributed by atoms with Crippen molar-refractivity contribution in [2.45, 2.75) is 45.1 Å². The zero-order valence-corrected chi connectivity index (χ0v) is 18.0. The molecule has 2 aliphatic rings. The molecule has 1 atom stereocenters. The van der Waals surface area contributed by atoms with Gasteiger partial charge in [-0.3, -0.25) is 0 Å². The fraction of sp³-hybridized carbons (Fsp3) is 0.458. The maximum Gasteiger partial charge on any atom is 0.321 e. The number of nitrogens with one attached hydrogen (secondary N) is 1. The number of piperidine rings is 1. The molecule has 0 radical (unpaired) electrons. The summed E-state index contributed by atoms with van der Waals surface area (Å²) in [4.78, 5) is 24.3. The number of urea groups is 1. The number of aromatic nitrogens is 3. The van der Waals surface area contributed by atoms with Gasteiger partial charge in [0.15, 0.2) is 5.65 Å². The maximum absolute atomic E-state index is 12.9. The van der Waals surface area contributed by atoms with Crippen LogP contribution in [0.4, 0.5) is 10.5 Å². The maximum atomic E-state index is 12.9. The Labute approximate surface area is 182 Å². The first-order valence-electron chi connectivity index (χ1n) is 11.3. The van der Waals surface area contributed by atoms with Gasteiger partial charge in [-0.2, -0.15) is 0 Å². The Bertz CT molecular complexity index is 1060. The van der Waals surface area contributed by atoms with Crippen LogP contribution in [-0.2, 0) is 6.54 Å². The van der Waals surface area contributed by atoms with Gasteiger partial charge in [0.1, 0.15) is 17.1 Å². The highest BCUT2D eigenvalue weighted by Gasteiger charge is 2.32. The van der Waals surface area contributed by atoms with Crippen molar-refractivity contribution in [3.05, 3.63) is 48.4 Å². The number of pyridine rings is 1. The highest BCUT2D eigenvalue weighted by Crippen LogP contribution is 2.41. The number of rotatable bonds is 6. The molecule has 2 amide bonds. The summed E-state index contributed by atoms with van der Waals surface area (Å²) in [6.07, 6.45) is 6.40. The predicted molar refractivity (Wildman–Crippen MR) is 120 cm³/mol. The summed E-state index contributed by atoms with van der Waals surface area (Å²) < 4.78 is 7.78. The first-order valence-corrected chi connectivity index (χ1v) is 11.3. The molecule has 1 saturated heterocycles. The first-order chi connectivity index (χ1) is 15.2. The van der Waals surface area contributed by atoms with Crippen molar-refractivity contribution in [1.29, 1.82) is 0 Å². The van der Waals surface area contributed by atoms with E-state index in [1.54, 1.807) is 0 Å². The largest absolute Gasteiger partial charge is 0.494 e. The van der Waals surface area contributed by atoms with E-state index in [1.165, 1.54) is 18.7 Å². The van der Waals surface area contributed by atoms with Gasteiger partial charge in [-0.1, -0.05) is 0 Å². The lowest BCUT2D eigenvalue weighted by Gasteiger charge is -2.33. The van der Waals surface area contributed by atoms with Crippen LogP contribution in [0.15, 0.2) is 42.6 Å². The predicted octanol–water partition coefficient (Wildman–Crippen LogP) is 4.65. The van der Waals surface area contributed by atoms with Crippen LogP contribution in [-0.4, -0.2) is 45.2 Å². The monoisotopic (exact) mass is 419 g/mol. The summed E-state index contributed by atoms with van der Waals surface area (Å²) in [6.45, 7) is 4.99. The second-order valence-corrected chi connectivity index (χ2v) is 8.54. The second kappa shape index (κ2) is 8.57. The fourth-order valence-corrected chi connectivity index (χ4v) is 4.47. The summed E-state index contributed by atoms with van der Waals surface area (Å²) in [6, 6.07) is 11.5. The number of amides is 2. The lowest BCUT2D eigenvalue weighted by molar-refractivity contribution is 0.170. The quantitative estimate of drug-likeness (QED) is 0.631. The van der Waals surface area contributed by atoms with Crippen molar-refractivity contribution in [3.63, 3.8) is 0 Å². The number of carbonyl (C=O) groups is 1. The topological polar surface area (TPSA) is 72.3 Å². The molecule has 1 N–H and O–H groups in total. The van der Waals surface area contributed by atoms with Crippen LogP contribution in [0.5, 0.6) is 5.75 Å². The van der Waals surface area contributed by atoms with Crippen molar-refractivity contribution < 1.29 is 9.53 Å². The lowest BCUT2D eigenvalue weighted by Crippen LogP contribution is -2.43. The summed E-state index contributed by atoms with van der Waals surface area (Å²) in [5.41, 5.74) is 2.74. The van der Waals surface area contributed by atoms with Crippen LogP contribution in [0.3, 0.4) is 0 Å². The van der Waals surface area contributed by atoms with E-state index in [4.69, 9.17) is 9.72 Å². The van der Waals surface area contributed by atoms with E-state index in [-0.39, 0.29) is 6.03 Å². The molecular formula is C24H29N5O2. The van der Waals surface area contributed by atoms with Crippen LogP contribution in [0.1, 0.15) is 44.3 Å². The van der Waals surface area contributed by atoms with Gasteiger partial charge in [-0.05, 0) is 74.9 Å². The zero-order valence-electron chi connectivity index (χ0n) is 18.0. The summed E-state index contributed by atoms with van der Waals surface area (Å²) in [7, 11) is 0.